The van der Waals surface area contributed by atoms with Crippen LogP contribution < -0.4 is 5.73 Å². The predicted molar refractivity (Wildman–Crippen MR) is 127 cm³/mol. The molecule has 1 atom stereocenters. The molecule has 0 aromatic heterocycles. The molecule has 2 heterocycles. The summed E-state index contributed by atoms with van der Waals surface area (Å²) in [5, 5.41) is 0. The zero-order valence-corrected chi connectivity index (χ0v) is 20.2. The number of ether oxygens (including phenoxy) is 3. The summed E-state index contributed by atoms with van der Waals surface area (Å²) in [6.07, 6.45) is 5.00. The number of methoxy groups -OCH3 is 1. The molecular weight excluding hydrogens is 469 g/mol. The van der Waals surface area contributed by atoms with Crippen LogP contribution >= 0.6 is 0 Å². The molecule has 1 aliphatic carbocycles. The number of halogens is 1. The van der Waals surface area contributed by atoms with E-state index in [-0.39, 0.29) is 43.4 Å². The number of rotatable bonds is 10. The van der Waals surface area contributed by atoms with Gasteiger partial charge in [0, 0.05) is 49.9 Å². The number of esters is 1. The molecule has 10 heteroatoms. The van der Waals surface area contributed by atoms with Gasteiger partial charge in [-0.25, -0.2) is 4.39 Å². The Morgan fingerprint density at radius 2 is 2.00 bits per heavy atom. The van der Waals surface area contributed by atoms with Crippen molar-refractivity contribution in [2.45, 2.75) is 32.0 Å². The van der Waals surface area contributed by atoms with Crippen molar-refractivity contribution >= 4 is 17.7 Å². The Morgan fingerprint density at radius 3 is 2.69 bits per heavy atom. The summed E-state index contributed by atoms with van der Waals surface area (Å²) in [6.45, 7) is 3.58. The summed E-state index contributed by atoms with van der Waals surface area (Å²) in [7, 11) is 1.28. The molecule has 0 spiro atoms. The number of carbonyl (C=O) groups is 3. The second-order valence-corrected chi connectivity index (χ2v) is 8.90. The van der Waals surface area contributed by atoms with Gasteiger partial charge in [-0.1, -0.05) is 12.1 Å². The Hall–Kier alpha value is -3.50. The number of ketones is 1. The molecule has 1 aromatic carbocycles. The van der Waals surface area contributed by atoms with E-state index in [2.05, 4.69) is 9.64 Å². The van der Waals surface area contributed by atoms with Crippen molar-refractivity contribution in [3.05, 3.63) is 70.4 Å². The van der Waals surface area contributed by atoms with Gasteiger partial charge in [0.25, 0.3) is 0 Å². The number of carbonyl (C=O) groups excluding carboxylic acids is 3. The van der Waals surface area contributed by atoms with Crippen molar-refractivity contribution in [2.75, 3.05) is 40.0 Å². The van der Waals surface area contributed by atoms with Crippen LogP contribution in [0.15, 0.2) is 53.5 Å². The minimum absolute atomic E-state index is 0.0159. The number of benzene rings is 1. The average molecular weight is 500 g/mol. The smallest absolute Gasteiger partial charge is 0.305 e. The summed E-state index contributed by atoms with van der Waals surface area (Å²) >= 11 is 0. The number of primary amides is 1. The monoisotopic (exact) mass is 499 g/mol. The third-order valence-corrected chi connectivity index (χ3v) is 6.48. The number of allylic oxidation sites excluding steroid dienone is 2. The molecular formula is C26H30FN3O6. The maximum atomic E-state index is 14.7. The Kier molecular flexibility index (Phi) is 8.17. The molecule has 2 N–H and O–H groups in total. The molecule has 3 aliphatic rings. The highest BCUT2D eigenvalue weighted by Gasteiger charge is 2.33. The highest BCUT2D eigenvalue weighted by molar-refractivity contribution is 6.05. The summed E-state index contributed by atoms with van der Waals surface area (Å²) in [5.74, 6) is -1.50. The number of hydrogen-bond donors (Lipinski definition) is 1. The van der Waals surface area contributed by atoms with E-state index < -0.39 is 17.9 Å². The van der Waals surface area contributed by atoms with Gasteiger partial charge >= 0.3 is 5.97 Å². The molecule has 1 aromatic rings. The van der Waals surface area contributed by atoms with Gasteiger partial charge in [0.05, 0.1) is 20.3 Å². The Bertz CT molecular complexity index is 1120. The van der Waals surface area contributed by atoms with Crippen LogP contribution in [-0.4, -0.2) is 73.5 Å². The molecule has 36 heavy (non-hydrogen) atoms. The molecule has 0 radical (unpaired) electrons. The Labute approximate surface area is 208 Å². The second-order valence-electron chi connectivity index (χ2n) is 8.90. The lowest BCUT2D eigenvalue weighted by Gasteiger charge is -2.26. The van der Waals surface area contributed by atoms with Gasteiger partial charge < -0.3 is 24.8 Å². The molecule has 1 saturated heterocycles. The molecule has 192 valence electrons. The zero-order chi connectivity index (χ0) is 25.7. The first-order chi connectivity index (χ1) is 17.4. The fraction of sp³-hybridized carbons (Fsp3) is 0.423. The quantitative estimate of drug-likeness (QED) is 0.483. The summed E-state index contributed by atoms with van der Waals surface area (Å²) < 4.78 is 30.6. The minimum atomic E-state index is -0.743. The van der Waals surface area contributed by atoms with Gasteiger partial charge in [0.2, 0.25) is 11.7 Å². The molecule has 0 saturated carbocycles. The number of amides is 1. The summed E-state index contributed by atoms with van der Waals surface area (Å²) in [6, 6.07) is 4.22. The first-order valence-electron chi connectivity index (χ1n) is 11.9. The molecule has 1 fully saturated rings. The van der Waals surface area contributed by atoms with Gasteiger partial charge in [0.15, 0.2) is 5.76 Å². The van der Waals surface area contributed by atoms with Crippen molar-refractivity contribution in [2.24, 2.45) is 5.73 Å². The lowest BCUT2D eigenvalue weighted by atomic mass is 10.00. The average Bonchev–Trinajstić information content (AvgIpc) is 3.29. The van der Waals surface area contributed by atoms with Crippen LogP contribution in [0.25, 0.3) is 0 Å². The number of nitrogens with two attached hydrogens (primary N) is 1. The lowest BCUT2D eigenvalue weighted by molar-refractivity contribution is -0.141. The van der Waals surface area contributed by atoms with E-state index in [1.54, 1.807) is 29.3 Å². The molecule has 2 aliphatic heterocycles. The summed E-state index contributed by atoms with van der Waals surface area (Å²) in [5.41, 5.74) is 8.12. The van der Waals surface area contributed by atoms with E-state index in [0.717, 1.165) is 18.7 Å². The first-order valence-corrected chi connectivity index (χ1v) is 11.9. The predicted octanol–water partition coefficient (Wildman–Crippen LogP) is 1.57. The summed E-state index contributed by atoms with van der Waals surface area (Å²) in [4.78, 5) is 40.0. The van der Waals surface area contributed by atoms with Gasteiger partial charge in [-0.3, -0.25) is 19.3 Å². The molecule has 1 unspecified atom stereocenters. The highest BCUT2D eigenvalue weighted by Crippen LogP contribution is 2.32. The van der Waals surface area contributed by atoms with Gasteiger partial charge in [-0.05, 0) is 35.8 Å². The van der Waals surface area contributed by atoms with E-state index in [1.165, 1.54) is 19.3 Å². The molecule has 1 amide bonds. The van der Waals surface area contributed by atoms with Crippen molar-refractivity contribution in [3.8, 4) is 0 Å². The highest BCUT2D eigenvalue weighted by atomic mass is 19.1. The zero-order valence-electron chi connectivity index (χ0n) is 20.2. The number of morpholine rings is 1. The maximum Gasteiger partial charge on any atom is 0.305 e. The van der Waals surface area contributed by atoms with E-state index in [1.807, 2.05) is 0 Å². The van der Waals surface area contributed by atoms with Gasteiger partial charge in [0.1, 0.15) is 18.5 Å². The van der Waals surface area contributed by atoms with Crippen molar-refractivity contribution < 1.29 is 33.0 Å². The normalized spacial score (nSPS) is 18.7. The molecule has 4 rings (SSSR count). The topological polar surface area (TPSA) is 111 Å². The van der Waals surface area contributed by atoms with Crippen LogP contribution in [0.4, 0.5) is 4.39 Å². The van der Waals surface area contributed by atoms with Gasteiger partial charge in [-0.15, -0.1) is 0 Å². The third-order valence-electron chi connectivity index (χ3n) is 6.48. The minimum Gasteiger partial charge on any atom is -0.484 e. The fourth-order valence-corrected chi connectivity index (χ4v) is 4.46. The number of hydrogen-bond acceptors (Lipinski definition) is 8. The fourth-order valence-electron chi connectivity index (χ4n) is 4.46. The largest absolute Gasteiger partial charge is 0.484 e. The number of fused-ring (bicyclic) bond motifs is 1. The Balaban J connectivity index is 1.43. The SMILES string of the molecule is COC(=O)CCC(C(N)=O)N1C=C2C=CC(=O)C(OCc3ccc(CN4CCOCC4)c(F)c3)=C2C1. The van der Waals surface area contributed by atoms with Crippen LogP contribution in [-0.2, 0) is 41.7 Å². The Morgan fingerprint density at radius 1 is 1.22 bits per heavy atom. The maximum absolute atomic E-state index is 14.7. The molecule has 9 nitrogen and oxygen atoms in total. The van der Waals surface area contributed by atoms with Crippen molar-refractivity contribution in [1.29, 1.82) is 0 Å². The van der Waals surface area contributed by atoms with Crippen LogP contribution in [0.1, 0.15) is 24.0 Å². The van der Waals surface area contributed by atoms with E-state index >= 15 is 0 Å². The van der Waals surface area contributed by atoms with Crippen LogP contribution in [0.2, 0.25) is 0 Å². The third kappa shape index (κ3) is 6.00. The standard InChI is InChI=1S/C26H30FN3O6/c1-34-24(32)7-5-22(26(28)33)30-14-18-4-6-23(31)25(20(18)15-30)36-16-17-2-3-19(21(27)12-17)13-29-8-10-35-11-9-29/h2-4,6,12,14,22H,5,7-11,13,15-16H2,1H3,(H2,28,33). The lowest BCUT2D eigenvalue weighted by Crippen LogP contribution is -2.41. The molecule has 0 bridgehead atoms. The van der Waals surface area contributed by atoms with Crippen molar-refractivity contribution in [3.63, 3.8) is 0 Å². The van der Waals surface area contributed by atoms with Crippen LogP contribution in [0.3, 0.4) is 0 Å². The first kappa shape index (κ1) is 25.6. The van der Waals surface area contributed by atoms with E-state index in [4.69, 9.17) is 15.2 Å². The van der Waals surface area contributed by atoms with Crippen LogP contribution in [0.5, 0.6) is 0 Å². The van der Waals surface area contributed by atoms with Gasteiger partial charge in [-0.2, -0.15) is 0 Å². The number of nitrogens with zero attached hydrogens (tertiary/aromatic N) is 2. The van der Waals surface area contributed by atoms with E-state index in [0.29, 0.717) is 36.5 Å². The van der Waals surface area contributed by atoms with Crippen molar-refractivity contribution in [1.82, 2.24) is 9.80 Å². The van der Waals surface area contributed by atoms with E-state index in [9.17, 15) is 18.8 Å². The van der Waals surface area contributed by atoms with Crippen LogP contribution in [0, 0.1) is 5.82 Å². The second kappa shape index (κ2) is 11.5.